The molecule has 6 nitrogen and oxygen atoms in total. The fourth-order valence-corrected chi connectivity index (χ4v) is 3.74. The summed E-state index contributed by atoms with van der Waals surface area (Å²) in [4.78, 5) is 12.5. The van der Waals surface area contributed by atoms with Crippen LogP contribution in [0.2, 0.25) is 0 Å². The van der Waals surface area contributed by atoms with Crippen molar-refractivity contribution >= 4 is 22.4 Å². The average molecular weight is 492 g/mol. The summed E-state index contributed by atoms with van der Waals surface area (Å²) in [5.74, 6) is 0.0771. The molecule has 0 unspecified atom stereocenters. The van der Waals surface area contributed by atoms with Gasteiger partial charge in [-0.05, 0) is 42.5 Å². The van der Waals surface area contributed by atoms with Gasteiger partial charge < -0.3 is 14.8 Å². The molecule has 12 heteroatoms. The Morgan fingerprint density at radius 1 is 0.971 bits per heavy atom. The molecular formula is C23H14F6N4O2. The molecule has 0 saturated carbocycles. The highest BCUT2D eigenvalue weighted by Crippen LogP contribution is 2.48. The van der Waals surface area contributed by atoms with Crippen LogP contribution in [0.15, 0.2) is 48.7 Å². The van der Waals surface area contributed by atoms with Crippen molar-refractivity contribution in [3.63, 3.8) is 0 Å². The summed E-state index contributed by atoms with van der Waals surface area (Å²) in [6, 6.07) is 7.97. The second-order valence-electron chi connectivity index (χ2n) is 7.60. The third-order valence-corrected chi connectivity index (χ3v) is 5.29. The zero-order valence-corrected chi connectivity index (χ0v) is 17.8. The number of ether oxygens (including phenoxy) is 2. The minimum absolute atomic E-state index is 0.0480. The van der Waals surface area contributed by atoms with Gasteiger partial charge in [0.25, 0.3) is 0 Å². The van der Waals surface area contributed by atoms with Gasteiger partial charge in [-0.15, -0.1) is 0 Å². The molecule has 1 N–H and O–H groups in total. The molecule has 0 saturated heterocycles. The SMILES string of the molecule is COCc1nc2nc(-c3ncccc3C(F)(F)F)ccc2c2c1Oc1cc(C(F)(F)F)ccc1N2. The van der Waals surface area contributed by atoms with Gasteiger partial charge in [-0.25, -0.2) is 9.97 Å². The number of aromatic nitrogens is 3. The van der Waals surface area contributed by atoms with Crippen LogP contribution in [-0.4, -0.2) is 22.1 Å². The highest BCUT2D eigenvalue weighted by Gasteiger charge is 2.35. The number of alkyl halides is 6. The maximum Gasteiger partial charge on any atom is 0.418 e. The Morgan fingerprint density at radius 2 is 1.77 bits per heavy atom. The molecule has 1 aliphatic rings. The van der Waals surface area contributed by atoms with Crippen LogP contribution in [0.4, 0.5) is 37.7 Å². The lowest BCUT2D eigenvalue weighted by Gasteiger charge is -2.25. The smallest absolute Gasteiger partial charge is 0.418 e. The molecular weight excluding hydrogens is 478 g/mol. The molecule has 0 spiro atoms. The van der Waals surface area contributed by atoms with Gasteiger partial charge in [0.2, 0.25) is 0 Å². The number of methoxy groups -OCH3 is 1. The van der Waals surface area contributed by atoms with Crippen molar-refractivity contribution in [2.45, 2.75) is 19.0 Å². The van der Waals surface area contributed by atoms with Crippen LogP contribution in [0.25, 0.3) is 22.4 Å². The average Bonchev–Trinajstić information content (AvgIpc) is 2.81. The molecule has 3 aromatic heterocycles. The van der Waals surface area contributed by atoms with E-state index < -0.39 is 23.5 Å². The van der Waals surface area contributed by atoms with Crippen LogP contribution >= 0.6 is 0 Å². The summed E-state index contributed by atoms with van der Waals surface area (Å²) in [5.41, 5.74) is -1.33. The lowest BCUT2D eigenvalue weighted by molar-refractivity contribution is -0.138. The van der Waals surface area contributed by atoms with E-state index >= 15 is 0 Å². The maximum atomic E-state index is 13.5. The van der Waals surface area contributed by atoms with E-state index in [4.69, 9.17) is 9.47 Å². The van der Waals surface area contributed by atoms with E-state index in [0.29, 0.717) is 11.1 Å². The summed E-state index contributed by atoms with van der Waals surface area (Å²) < 4.78 is 90.8. The number of pyridine rings is 3. The van der Waals surface area contributed by atoms with E-state index in [-0.39, 0.29) is 46.5 Å². The van der Waals surface area contributed by atoms with Gasteiger partial charge in [0, 0.05) is 18.7 Å². The number of fused-ring (bicyclic) bond motifs is 4. The summed E-state index contributed by atoms with van der Waals surface area (Å²) >= 11 is 0. The van der Waals surface area contributed by atoms with Crippen LogP contribution in [0.1, 0.15) is 16.8 Å². The van der Waals surface area contributed by atoms with Gasteiger partial charge in [-0.2, -0.15) is 26.3 Å². The third kappa shape index (κ3) is 4.09. The predicted octanol–water partition coefficient (Wildman–Crippen LogP) is 6.73. The molecule has 1 aromatic carbocycles. The molecule has 0 atom stereocenters. The van der Waals surface area contributed by atoms with Crippen molar-refractivity contribution in [3.8, 4) is 22.9 Å². The van der Waals surface area contributed by atoms with Crippen LogP contribution in [0.5, 0.6) is 11.5 Å². The molecule has 0 bridgehead atoms. The van der Waals surface area contributed by atoms with Crippen molar-refractivity contribution < 1.29 is 35.8 Å². The van der Waals surface area contributed by atoms with Crippen LogP contribution < -0.4 is 10.1 Å². The topological polar surface area (TPSA) is 69.2 Å². The second-order valence-corrected chi connectivity index (χ2v) is 7.60. The van der Waals surface area contributed by atoms with E-state index in [1.807, 2.05) is 0 Å². The van der Waals surface area contributed by atoms with Gasteiger partial charge in [0.1, 0.15) is 11.4 Å². The van der Waals surface area contributed by atoms with Gasteiger partial charge in [0.05, 0.1) is 34.8 Å². The number of rotatable bonds is 3. The largest absolute Gasteiger partial charge is 0.451 e. The molecule has 0 amide bonds. The summed E-state index contributed by atoms with van der Waals surface area (Å²) in [6.07, 6.45) is -7.97. The summed E-state index contributed by atoms with van der Waals surface area (Å²) in [6.45, 7) is -0.0858. The first-order valence-electron chi connectivity index (χ1n) is 10.1. The molecule has 0 fully saturated rings. The third-order valence-electron chi connectivity index (χ3n) is 5.29. The Bertz CT molecular complexity index is 1450. The minimum Gasteiger partial charge on any atom is -0.451 e. The predicted molar refractivity (Wildman–Crippen MR) is 113 cm³/mol. The van der Waals surface area contributed by atoms with Gasteiger partial charge in [-0.1, -0.05) is 0 Å². The van der Waals surface area contributed by atoms with Gasteiger partial charge >= 0.3 is 12.4 Å². The zero-order valence-electron chi connectivity index (χ0n) is 17.8. The van der Waals surface area contributed by atoms with Crippen LogP contribution in [0, 0.1) is 0 Å². The van der Waals surface area contributed by atoms with Crippen LogP contribution in [-0.2, 0) is 23.7 Å². The Kier molecular flexibility index (Phi) is 5.28. The Morgan fingerprint density at radius 3 is 2.49 bits per heavy atom. The summed E-state index contributed by atoms with van der Waals surface area (Å²) in [7, 11) is 1.39. The monoisotopic (exact) mass is 492 g/mol. The highest BCUT2D eigenvalue weighted by atomic mass is 19.4. The number of hydrogen-bond acceptors (Lipinski definition) is 6. The van der Waals surface area contributed by atoms with Gasteiger partial charge in [-0.3, -0.25) is 4.98 Å². The Balaban J connectivity index is 1.66. The molecule has 0 aliphatic carbocycles. The first-order valence-corrected chi connectivity index (χ1v) is 10.1. The Labute approximate surface area is 193 Å². The normalized spacial score (nSPS) is 13.1. The van der Waals surface area contributed by atoms with E-state index in [2.05, 4.69) is 20.3 Å². The molecule has 0 radical (unpaired) electrons. The fraction of sp³-hybridized carbons (Fsp3) is 0.174. The number of halogens is 6. The van der Waals surface area contributed by atoms with Crippen LogP contribution in [0.3, 0.4) is 0 Å². The van der Waals surface area contributed by atoms with Crippen molar-refractivity contribution in [2.24, 2.45) is 0 Å². The molecule has 35 heavy (non-hydrogen) atoms. The quantitative estimate of drug-likeness (QED) is 0.282. The molecule has 4 aromatic rings. The maximum absolute atomic E-state index is 13.5. The van der Waals surface area contributed by atoms with E-state index in [0.717, 1.165) is 18.2 Å². The molecule has 5 rings (SSSR count). The number of nitrogens with one attached hydrogen (secondary N) is 1. The second kappa shape index (κ2) is 8.08. The molecule has 4 heterocycles. The van der Waals surface area contributed by atoms with E-state index in [1.165, 1.54) is 37.6 Å². The lowest BCUT2D eigenvalue weighted by atomic mass is 10.1. The number of nitrogens with zero attached hydrogens (tertiary/aromatic N) is 3. The zero-order chi connectivity index (χ0) is 25.0. The minimum atomic E-state index is -4.64. The van der Waals surface area contributed by atoms with Crippen molar-refractivity contribution in [1.82, 2.24) is 15.0 Å². The lowest BCUT2D eigenvalue weighted by Crippen LogP contribution is -2.11. The van der Waals surface area contributed by atoms with Crippen molar-refractivity contribution in [1.29, 1.82) is 0 Å². The standard InChI is InChI=1S/C23H14F6N4O2/c1-34-10-16-20-18(31-14-6-4-11(22(24,25)26)9-17(14)35-20)12-5-7-15(32-21(12)33-16)19-13(23(27,28)29)3-2-8-30-19/h2-9,31H,10H2,1H3. The summed E-state index contributed by atoms with van der Waals surface area (Å²) in [5, 5.41) is 3.42. The molecule has 1 aliphatic heterocycles. The first kappa shape index (κ1) is 22.8. The Hall–Kier alpha value is -3.93. The fourth-order valence-electron chi connectivity index (χ4n) is 3.74. The number of hydrogen-bond donors (Lipinski definition) is 1. The highest BCUT2D eigenvalue weighted by molar-refractivity contribution is 5.98. The van der Waals surface area contributed by atoms with Crippen molar-refractivity contribution in [2.75, 3.05) is 12.4 Å². The first-order chi connectivity index (χ1) is 16.6. The number of benzene rings is 1. The van der Waals surface area contributed by atoms with E-state index in [1.54, 1.807) is 0 Å². The van der Waals surface area contributed by atoms with E-state index in [9.17, 15) is 26.3 Å². The van der Waals surface area contributed by atoms with Gasteiger partial charge in [0.15, 0.2) is 17.1 Å². The van der Waals surface area contributed by atoms with Crippen molar-refractivity contribution in [3.05, 3.63) is 65.5 Å². The molecule has 180 valence electrons. The number of anilines is 2.